The van der Waals surface area contributed by atoms with Crippen molar-refractivity contribution in [2.45, 2.75) is 111 Å². The van der Waals surface area contributed by atoms with E-state index in [9.17, 15) is 25.2 Å². The van der Waals surface area contributed by atoms with Gasteiger partial charge in [-0.25, -0.2) is 0 Å². The first-order chi connectivity index (χ1) is 34.9. The number of Topliss-reactive ketones (excluding diaryl/α,β-unsaturated/α-hetero) is 1. The number of rotatable bonds is 21. The highest BCUT2D eigenvalue weighted by Crippen LogP contribution is 2.40. The fraction of sp³-hybridized carbons (Fsp3) is 0.345. The van der Waals surface area contributed by atoms with E-state index in [1.807, 2.05) is 36.4 Å². The third-order valence-corrected chi connectivity index (χ3v) is 14.8. The van der Waals surface area contributed by atoms with Gasteiger partial charge in [0.15, 0.2) is 0 Å². The molecular weight excluding hydrogens is 950 g/mol. The fourth-order valence-electron chi connectivity index (χ4n) is 10.1. The second kappa shape index (κ2) is 24.0. The third-order valence-electron chi connectivity index (χ3n) is 14.2. The van der Waals surface area contributed by atoms with Gasteiger partial charge in [-0.1, -0.05) is 72.4 Å². The molecule has 0 radical (unpaired) electrons. The summed E-state index contributed by atoms with van der Waals surface area (Å²) in [6.07, 6.45) is 12.9. The van der Waals surface area contributed by atoms with E-state index in [2.05, 4.69) is 53.4 Å². The third kappa shape index (κ3) is 12.6. The zero-order valence-electron chi connectivity index (χ0n) is 40.7. The Hall–Kier alpha value is -6.96. The van der Waals surface area contributed by atoms with Gasteiger partial charge >= 0.3 is 5.97 Å². The number of carbonyl (C=O) groups excluding carboxylic acids is 1. The van der Waals surface area contributed by atoms with Crippen LogP contribution >= 0.6 is 23.2 Å². The van der Waals surface area contributed by atoms with Crippen LogP contribution in [0.4, 0.5) is 0 Å². The van der Waals surface area contributed by atoms with Crippen molar-refractivity contribution >= 4 is 35.0 Å². The molecule has 0 saturated heterocycles. The van der Waals surface area contributed by atoms with E-state index in [0.717, 1.165) is 87.7 Å². The van der Waals surface area contributed by atoms with Gasteiger partial charge in [0.2, 0.25) is 0 Å². The van der Waals surface area contributed by atoms with Crippen LogP contribution in [0.1, 0.15) is 108 Å². The summed E-state index contributed by atoms with van der Waals surface area (Å²) in [5.74, 6) is 1.18. The van der Waals surface area contributed by atoms with Gasteiger partial charge in [0.05, 0.1) is 27.1 Å². The van der Waals surface area contributed by atoms with Gasteiger partial charge in [-0.2, -0.15) is 10.5 Å². The molecule has 2 aliphatic carbocycles. The molecule has 0 aliphatic heterocycles. The first kappa shape index (κ1) is 51.4. The number of carboxylic acid groups (broad SMARTS) is 1. The van der Waals surface area contributed by atoms with Crippen molar-refractivity contribution in [1.29, 1.82) is 10.5 Å². The Balaban J connectivity index is 0.985. The number of carbonyl (C=O) groups is 2. The predicted octanol–water partition coefficient (Wildman–Crippen LogP) is 12.4. The molecule has 2 N–H and O–H groups in total. The number of hydrogen-bond acceptors (Lipinski definition) is 11. The van der Waals surface area contributed by atoms with Crippen molar-refractivity contribution in [3.8, 4) is 46.3 Å². The van der Waals surface area contributed by atoms with E-state index in [0.29, 0.717) is 70.0 Å². The monoisotopic (exact) mass is 1010 g/mol. The van der Waals surface area contributed by atoms with Gasteiger partial charge < -0.3 is 29.4 Å². The molecule has 1 unspecified atom stereocenters. The number of aliphatic carboxylic acids is 1. The molecule has 2 aromatic heterocycles. The lowest BCUT2D eigenvalue weighted by atomic mass is 9.90. The lowest BCUT2D eigenvalue weighted by Gasteiger charge is -2.21. The first-order valence-corrected chi connectivity index (χ1v) is 25.1. The molecule has 0 amide bonds. The summed E-state index contributed by atoms with van der Waals surface area (Å²) in [6.45, 7) is 7.04. The van der Waals surface area contributed by atoms with Crippen molar-refractivity contribution in [2.24, 2.45) is 17.8 Å². The van der Waals surface area contributed by atoms with E-state index in [1.165, 1.54) is 12.4 Å². The second-order valence-corrected chi connectivity index (χ2v) is 19.6. The van der Waals surface area contributed by atoms with Crippen LogP contribution in [0.15, 0.2) is 97.6 Å². The van der Waals surface area contributed by atoms with Gasteiger partial charge in [0.25, 0.3) is 0 Å². The van der Waals surface area contributed by atoms with E-state index < -0.39 is 5.97 Å². The largest absolute Gasteiger partial charge is 0.488 e. The lowest BCUT2D eigenvalue weighted by molar-refractivity contribution is -0.143. The van der Waals surface area contributed by atoms with Crippen LogP contribution in [-0.2, 0) is 49.0 Å². The molecule has 4 aromatic carbocycles. The molecule has 14 heteroatoms. The molecule has 2 fully saturated rings. The number of hydrogen-bond donors (Lipinski definition) is 2. The average Bonchev–Trinajstić information content (AvgIpc) is 4.08. The Morgan fingerprint density at radius 2 is 1.17 bits per heavy atom. The number of aryl methyl sites for hydroxylation is 1. The van der Waals surface area contributed by atoms with E-state index >= 15 is 0 Å². The summed E-state index contributed by atoms with van der Waals surface area (Å²) in [5, 5.41) is 33.1. The molecule has 2 saturated carbocycles. The quantitative estimate of drug-likeness (QED) is 0.0699. The number of aromatic nitrogens is 2. The topological polar surface area (TPSA) is 177 Å². The Morgan fingerprint density at radius 1 is 0.653 bits per heavy atom. The molecule has 0 bridgehead atoms. The molecule has 2 aliphatic rings. The summed E-state index contributed by atoms with van der Waals surface area (Å²) < 4.78 is 25.7. The van der Waals surface area contributed by atoms with Crippen molar-refractivity contribution < 1.29 is 33.6 Å². The zero-order chi connectivity index (χ0) is 50.7. The Morgan fingerprint density at radius 3 is 1.71 bits per heavy atom. The van der Waals surface area contributed by atoms with Gasteiger partial charge in [0, 0.05) is 72.1 Å². The molecule has 370 valence electrons. The Kier molecular flexibility index (Phi) is 17.1. The summed E-state index contributed by atoms with van der Waals surface area (Å²) in [4.78, 5) is 32.7. The molecule has 2 heterocycles. The maximum absolute atomic E-state index is 12.4. The van der Waals surface area contributed by atoms with Crippen LogP contribution < -0.4 is 24.3 Å². The van der Waals surface area contributed by atoms with Crippen LogP contribution in [0.5, 0.6) is 23.0 Å². The maximum atomic E-state index is 12.4. The van der Waals surface area contributed by atoms with Gasteiger partial charge in [0.1, 0.15) is 67.3 Å². The minimum absolute atomic E-state index is 0.0239. The predicted molar refractivity (Wildman–Crippen MR) is 275 cm³/mol. The number of nitrogens with zero attached hydrogens (tertiary/aromatic N) is 4. The molecule has 0 spiro atoms. The molecule has 4 atom stereocenters. The van der Waals surface area contributed by atoms with Gasteiger partial charge in [-0.3, -0.25) is 19.6 Å². The summed E-state index contributed by atoms with van der Waals surface area (Å²) in [7, 11) is 0. The number of nitriles is 2. The SMILES string of the molecule is CC(=O)[C@H]1CCCC1NCc1cc(Cl)c(OCc2cccc(-c3cccc(COc4cc(OCc5cncc(C#N)c5)c(CC[C@@H]5CCC[C@@H]5C(=O)O)cc4Cl)c3C)c2C)cc1OCc1cncc(C#N)c1. The number of carboxylic acids is 1. The summed E-state index contributed by atoms with van der Waals surface area (Å²) in [6, 6.07) is 27.4. The highest BCUT2D eigenvalue weighted by atomic mass is 35.5. The summed E-state index contributed by atoms with van der Waals surface area (Å²) >= 11 is 13.9. The smallest absolute Gasteiger partial charge is 0.306 e. The summed E-state index contributed by atoms with van der Waals surface area (Å²) in [5.41, 5.74) is 10.1. The first-order valence-electron chi connectivity index (χ1n) is 24.4. The van der Waals surface area contributed by atoms with Crippen molar-refractivity contribution in [1.82, 2.24) is 15.3 Å². The van der Waals surface area contributed by atoms with Crippen LogP contribution in [0.2, 0.25) is 10.0 Å². The molecule has 6 aromatic rings. The lowest BCUT2D eigenvalue weighted by Crippen LogP contribution is -2.35. The van der Waals surface area contributed by atoms with Crippen molar-refractivity contribution in [2.75, 3.05) is 0 Å². The number of nitrogens with one attached hydrogen (secondary N) is 1. The van der Waals surface area contributed by atoms with E-state index in [-0.39, 0.29) is 56.0 Å². The number of pyridine rings is 2. The number of ether oxygens (including phenoxy) is 4. The van der Waals surface area contributed by atoms with Crippen LogP contribution in [0.25, 0.3) is 11.1 Å². The van der Waals surface area contributed by atoms with E-state index in [1.54, 1.807) is 43.6 Å². The number of ketones is 1. The highest BCUT2D eigenvalue weighted by Gasteiger charge is 2.33. The van der Waals surface area contributed by atoms with Crippen LogP contribution in [0.3, 0.4) is 0 Å². The van der Waals surface area contributed by atoms with Crippen molar-refractivity contribution in [3.63, 3.8) is 0 Å². The Bertz CT molecular complexity index is 2840. The molecule has 12 nitrogen and oxygen atoms in total. The Labute approximate surface area is 430 Å². The second-order valence-electron chi connectivity index (χ2n) is 18.8. The average molecular weight is 1010 g/mol. The normalized spacial score (nSPS) is 17.2. The minimum Gasteiger partial charge on any atom is -0.488 e. The highest BCUT2D eigenvalue weighted by molar-refractivity contribution is 6.32. The fourth-order valence-corrected chi connectivity index (χ4v) is 10.6. The van der Waals surface area contributed by atoms with Crippen LogP contribution in [-0.4, -0.2) is 32.9 Å². The zero-order valence-corrected chi connectivity index (χ0v) is 42.2. The standard InChI is InChI=1S/C58H57Cl2N5O7/c1-35-44(33-71-56-22-54(69-31-40-18-38(24-61)26-63-28-40)43(20-51(56)59)17-16-42-8-4-14-50(42)58(67)68)9-5-11-47(35)48-12-6-10-45(36(48)2)34-72-57-23-55(70-32-41-19-39(25-62)27-64-29-41)46(21-52(57)60)30-65-53-15-7-13-49(53)37(3)66/h5-6,9-12,18-23,26-29,42,49-50,53,65H,4,7-8,13-17,30-34H2,1-3H3,(H,67,68)/t42-,49+,50-,53?/m0/s1. The molecule has 8 rings (SSSR count). The van der Waals surface area contributed by atoms with Gasteiger partial charge in [-0.05, 0) is 128 Å². The number of halogens is 2. The maximum Gasteiger partial charge on any atom is 0.306 e. The van der Waals surface area contributed by atoms with Gasteiger partial charge in [-0.15, -0.1) is 0 Å². The minimum atomic E-state index is -0.744. The van der Waals surface area contributed by atoms with E-state index in [4.69, 9.17) is 42.1 Å². The van der Waals surface area contributed by atoms with Crippen molar-refractivity contribution in [3.05, 3.63) is 163 Å². The molecule has 72 heavy (non-hydrogen) atoms. The van der Waals surface area contributed by atoms with Crippen LogP contribution in [0, 0.1) is 54.3 Å². The molecular formula is C58H57Cl2N5O7. The number of benzene rings is 4.